The first-order valence-corrected chi connectivity index (χ1v) is 15.0. The van der Waals surface area contributed by atoms with Crippen molar-refractivity contribution in [3.63, 3.8) is 0 Å². The van der Waals surface area contributed by atoms with Crippen LogP contribution in [0.1, 0.15) is 75.1 Å². The van der Waals surface area contributed by atoms with Gasteiger partial charge in [0.05, 0.1) is 27.9 Å². The van der Waals surface area contributed by atoms with Gasteiger partial charge in [-0.05, 0) is 92.9 Å². The van der Waals surface area contributed by atoms with Crippen LogP contribution in [0.3, 0.4) is 0 Å². The predicted octanol–water partition coefficient (Wildman–Crippen LogP) is 4.42. The number of halogens is 2. The highest BCUT2D eigenvalue weighted by atomic mass is 35.5. The Bertz CT molecular complexity index is 1300. The minimum Gasteiger partial charge on any atom is -0.458 e. The van der Waals surface area contributed by atoms with Crippen molar-refractivity contribution < 1.29 is 29.6 Å². The largest absolute Gasteiger partial charge is 0.458 e. The van der Waals surface area contributed by atoms with E-state index in [1.54, 1.807) is 18.4 Å². The first-order valence-electron chi connectivity index (χ1n) is 14.2. The number of hydrazone groups is 1. The van der Waals surface area contributed by atoms with E-state index in [-0.39, 0.29) is 47.3 Å². The smallest absolute Gasteiger partial charge is 0.331 e. The molecule has 4 saturated carbocycles. The van der Waals surface area contributed by atoms with Gasteiger partial charge in [-0.1, -0.05) is 30.1 Å². The second kappa shape index (κ2) is 9.80. The molecular weight excluding hydrogens is 555 g/mol. The van der Waals surface area contributed by atoms with Crippen molar-refractivity contribution in [3.8, 4) is 0 Å². The van der Waals surface area contributed by atoms with Crippen molar-refractivity contribution in [2.45, 2.75) is 82.0 Å². The van der Waals surface area contributed by atoms with Crippen molar-refractivity contribution >= 4 is 41.3 Å². The first-order chi connectivity index (χ1) is 18.9. The van der Waals surface area contributed by atoms with Crippen LogP contribution in [0.2, 0.25) is 10.0 Å². The van der Waals surface area contributed by atoms with Crippen molar-refractivity contribution in [1.82, 2.24) is 5.43 Å². The third-order valence-electron chi connectivity index (χ3n) is 11.3. The summed E-state index contributed by atoms with van der Waals surface area (Å²) in [6.45, 7) is 2.43. The molecule has 10 heteroatoms. The number of ether oxygens (including phenoxy) is 1. The van der Waals surface area contributed by atoms with Crippen molar-refractivity contribution in [2.75, 3.05) is 6.61 Å². The summed E-state index contributed by atoms with van der Waals surface area (Å²) in [7, 11) is 0. The van der Waals surface area contributed by atoms with Gasteiger partial charge in [-0.3, -0.25) is 4.79 Å². The summed E-state index contributed by atoms with van der Waals surface area (Å²) in [5.74, 6) is -0.935. The minimum atomic E-state index is -1.21. The fourth-order valence-corrected chi connectivity index (χ4v) is 9.79. The van der Waals surface area contributed by atoms with E-state index >= 15 is 0 Å². The molecule has 6 rings (SSSR count). The lowest BCUT2D eigenvalue weighted by atomic mass is 9.41. The maximum Gasteiger partial charge on any atom is 0.331 e. The fraction of sp³-hybridized carbons (Fsp3) is 0.633. The Morgan fingerprint density at radius 3 is 2.60 bits per heavy atom. The average molecular weight is 592 g/mol. The summed E-state index contributed by atoms with van der Waals surface area (Å²) in [6.07, 6.45) is 7.80. The van der Waals surface area contributed by atoms with Gasteiger partial charge in [0.1, 0.15) is 6.61 Å². The second-order valence-electron chi connectivity index (χ2n) is 12.8. The van der Waals surface area contributed by atoms with Gasteiger partial charge in [0.2, 0.25) is 0 Å². The Balaban J connectivity index is 1.32. The lowest BCUT2D eigenvalue weighted by Crippen LogP contribution is -2.68. The molecule has 1 amide bonds. The molecule has 5 aliphatic rings. The Morgan fingerprint density at radius 1 is 1.10 bits per heavy atom. The Kier molecular flexibility index (Phi) is 6.90. The summed E-state index contributed by atoms with van der Waals surface area (Å²) in [5, 5.41) is 40.2. The number of aliphatic hydroxyl groups is 3. The lowest BCUT2D eigenvalue weighted by Gasteiger charge is -2.65. The highest BCUT2D eigenvalue weighted by molar-refractivity contribution is 6.36. The number of aliphatic hydroxyl groups excluding tert-OH is 1. The monoisotopic (exact) mass is 590 g/mol. The molecule has 8 atom stereocenters. The van der Waals surface area contributed by atoms with E-state index in [4.69, 9.17) is 27.9 Å². The van der Waals surface area contributed by atoms with Gasteiger partial charge in [0.15, 0.2) is 0 Å². The molecule has 0 unspecified atom stereocenters. The molecule has 216 valence electrons. The zero-order valence-electron chi connectivity index (χ0n) is 22.5. The van der Waals surface area contributed by atoms with Crippen LogP contribution in [0.25, 0.3) is 0 Å². The van der Waals surface area contributed by atoms with Gasteiger partial charge in [-0.25, -0.2) is 10.2 Å². The summed E-state index contributed by atoms with van der Waals surface area (Å²) < 4.78 is 5.22. The minimum absolute atomic E-state index is 0.0620. The van der Waals surface area contributed by atoms with Gasteiger partial charge in [-0.15, -0.1) is 0 Å². The summed E-state index contributed by atoms with van der Waals surface area (Å²) in [4.78, 5) is 24.7. The van der Waals surface area contributed by atoms with Gasteiger partial charge >= 0.3 is 5.97 Å². The molecule has 4 fully saturated rings. The van der Waals surface area contributed by atoms with Crippen LogP contribution in [0.5, 0.6) is 0 Å². The number of cyclic esters (lactones) is 1. The maximum absolute atomic E-state index is 12.9. The Morgan fingerprint density at radius 2 is 1.88 bits per heavy atom. The molecule has 1 aliphatic heterocycles. The number of hydrogen-bond acceptors (Lipinski definition) is 7. The zero-order valence-corrected chi connectivity index (χ0v) is 24.0. The van der Waals surface area contributed by atoms with E-state index < -0.39 is 34.0 Å². The highest BCUT2D eigenvalue weighted by Crippen LogP contribution is 2.70. The normalized spacial score (nSPS) is 42.5. The topological polar surface area (TPSA) is 128 Å². The zero-order chi connectivity index (χ0) is 28.5. The maximum atomic E-state index is 12.9. The molecule has 0 aromatic heterocycles. The molecule has 1 aromatic rings. The number of esters is 1. The van der Waals surface area contributed by atoms with Gasteiger partial charge in [0, 0.05) is 34.6 Å². The van der Waals surface area contributed by atoms with Gasteiger partial charge < -0.3 is 20.1 Å². The molecular formula is C30H36Cl2N2O6. The molecule has 0 bridgehead atoms. The van der Waals surface area contributed by atoms with E-state index in [0.29, 0.717) is 37.1 Å². The molecule has 8 nitrogen and oxygen atoms in total. The standard InChI is InChI=1S/C30H36Cl2N2O6/c1-27-8-5-22-23(30(27,39)11-7-21(27)17-12-25(36)40-15-17)6-10-29(38)14-19(35)4-9-28(22,29)16-33-34-26(37)20-3-2-18(31)13-24(20)32/h2-3,12-13,16,19,21-23,35,38-39H,4-11,14-15H2,1H3,(H,34,37)/b33-16-/t19-,21+,22+,23-,27-,28+,29+,30+/m1/s1. The van der Waals surface area contributed by atoms with Gasteiger partial charge in [0.25, 0.3) is 5.91 Å². The number of benzene rings is 1. The molecule has 4 aliphatic carbocycles. The van der Waals surface area contributed by atoms with Crippen molar-refractivity contribution in [2.24, 2.45) is 33.7 Å². The number of carbonyl (C=O) groups is 2. The molecule has 4 N–H and O–H groups in total. The fourth-order valence-electron chi connectivity index (χ4n) is 9.30. The molecule has 0 radical (unpaired) electrons. The SMILES string of the molecule is C[C@]12CC[C@H]3[C@@H](CC[C@]4(O)C[C@H](O)CC[C@]34/C=N\NC(=O)c3ccc(Cl)cc3Cl)[C@@]1(O)CC[C@H]2C1=CC(=O)OC1. The average Bonchev–Trinajstić information content (AvgIpc) is 3.43. The summed E-state index contributed by atoms with van der Waals surface area (Å²) >= 11 is 12.2. The number of amides is 1. The first kappa shape index (κ1) is 28.2. The van der Waals surface area contributed by atoms with Gasteiger partial charge in [-0.2, -0.15) is 5.10 Å². The Hall–Kier alpha value is -1.97. The van der Waals surface area contributed by atoms with E-state index in [0.717, 1.165) is 24.8 Å². The van der Waals surface area contributed by atoms with Crippen LogP contribution in [-0.4, -0.2) is 57.3 Å². The van der Waals surface area contributed by atoms with Crippen LogP contribution >= 0.6 is 23.2 Å². The number of nitrogens with one attached hydrogen (secondary N) is 1. The van der Waals surface area contributed by atoms with Crippen molar-refractivity contribution in [3.05, 3.63) is 45.5 Å². The number of nitrogens with zero attached hydrogens (tertiary/aromatic N) is 1. The summed E-state index contributed by atoms with van der Waals surface area (Å²) in [5.41, 5.74) is 0.345. The van der Waals surface area contributed by atoms with E-state index in [9.17, 15) is 24.9 Å². The van der Waals surface area contributed by atoms with Crippen LogP contribution in [0, 0.1) is 28.6 Å². The third-order valence-corrected chi connectivity index (χ3v) is 11.8. The molecule has 40 heavy (non-hydrogen) atoms. The predicted molar refractivity (Wildman–Crippen MR) is 150 cm³/mol. The van der Waals surface area contributed by atoms with Crippen LogP contribution in [0.4, 0.5) is 0 Å². The second-order valence-corrected chi connectivity index (χ2v) is 13.7. The quantitative estimate of drug-likeness (QED) is 0.233. The molecule has 1 heterocycles. The van der Waals surface area contributed by atoms with E-state index in [1.165, 1.54) is 12.1 Å². The number of carbonyl (C=O) groups excluding carboxylic acids is 2. The number of fused-ring (bicyclic) bond motifs is 5. The van der Waals surface area contributed by atoms with Crippen LogP contribution < -0.4 is 5.43 Å². The van der Waals surface area contributed by atoms with Crippen LogP contribution in [-0.2, 0) is 9.53 Å². The van der Waals surface area contributed by atoms with Crippen molar-refractivity contribution in [1.29, 1.82) is 0 Å². The molecule has 1 aromatic carbocycles. The van der Waals surface area contributed by atoms with Crippen LogP contribution in [0.15, 0.2) is 34.9 Å². The Labute approximate surface area is 243 Å². The third kappa shape index (κ3) is 4.09. The molecule has 0 saturated heterocycles. The van der Waals surface area contributed by atoms with E-state index in [2.05, 4.69) is 17.5 Å². The highest BCUT2D eigenvalue weighted by Gasteiger charge is 2.71. The van der Waals surface area contributed by atoms with E-state index in [1.807, 2.05) is 0 Å². The molecule has 0 spiro atoms. The number of hydrogen-bond donors (Lipinski definition) is 4. The lowest BCUT2D eigenvalue weighted by molar-refractivity contribution is -0.237. The number of rotatable bonds is 4. The summed E-state index contributed by atoms with van der Waals surface area (Å²) in [6, 6.07) is 4.60.